The van der Waals surface area contributed by atoms with Crippen LogP contribution in [0, 0.1) is 0 Å². The molecule has 94 valence electrons. The lowest BCUT2D eigenvalue weighted by Gasteiger charge is -2.14. The monoisotopic (exact) mass is 325 g/mol. The Labute approximate surface area is 120 Å². The van der Waals surface area contributed by atoms with E-state index in [1.165, 1.54) is 0 Å². The first-order valence-electron chi connectivity index (χ1n) is 5.46. The summed E-state index contributed by atoms with van der Waals surface area (Å²) in [6.07, 6.45) is 0. The van der Waals surface area contributed by atoms with Crippen molar-refractivity contribution in [3.63, 3.8) is 0 Å². The van der Waals surface area contributed by atoms with Crippen molar-refractivity contribution in [2.24, 2.45) is 5.73 Å². The van der Waals surface area contributed by atoms with Gasteiger partial charge in [-0.05, 0) is 51.3 Å². The highest BCUT2D eigenvalue weighted by Crippen LogP contribution is 2.29. The van der Waals surface area contributed by atoms with E-state index in [0.717, 1.165) is 21.3 Å². The Morgan fingerprint density at radius 3 is 2.28 bits per heavy atom. The van der Waals surface area contributed by atoms with Crippen LogP contribution in [0.15, 0.2) is 46.9 Å². The molecule has 0 bridgehead atoms. The van der Waals surface area contributed by atoms with Crippen molar-refractivity contribution in [3.8, 4) is 5.75 Å². The van der Waals surface area contributed by atoms with Crippen molar-refractivity contribution in [2.75, 3.05) is 7.11 Å². The van der Waals surface area contributed by atoms with Crippen LogP contribution in [0.4, 0.5) is 0 Å². The number of benzene rings is 2. The van der Waals surface area contributed by atoms with Crippen molar-refractivity contribution in [1.82, 2.24) is 0 Å². The standard InChI is InChI=1S/C14H13BrClNO/c1-18-13-7-4-10(8-12(13)15)14(17)9-2-5-11(16)6-3-9/h2-8,14H,17H2,1H3. The van der Waals surface area contributed by atoms with Gasteiger partial charge in [-0.15, -0.1) is 0 Å². The van der Waals surface area contributed by atoms with E-state index < -0.39 is 0 Å². The number of hydrogen-bond donors (Lipinski definition) is 1. The third-order valence-electron chi connectivity index (χ3n) is 2.76. The molecule has 0 aliphatic carbocycles. The van der Waals surface area contributed by atoms with Crippen molar-refractivity contribution in [3.05, 3.63) is 63.1 Å². The van der Waals surface area contributed by atoms with Crippen LogP contribution in [0.1, 0.15) is 17.2 Å². The van der Waals surface area contributed by atoms with Gasteiger partial charge in [0.1, 0.15) is 5.75 Å². The number of methoxy groups -OCH3 is 1. The number of halogens is 2. The van der Waals surface area contributed by atoms with Crippen molar-refractivity contribution in [2.45, 2.75) is 6.04 Å². The van der Waals surface area contributed by atoms with Crippen LogP contribution in [0.2, 0.25) is 5.02 Å². The summed E-state index contributed by atoms with van der Waals surface area (Å²) in [5.41, 5.74) is 8.27. The van der Waals surface area contributed by atoms with Crippen LogP contribution in [-0.2, 0) is 0 Å². The minimum Gasteiger partial charge on any atom is -0.496 e. The Bertz CT molecular complexity index is 542. The van der Waals surface area contributed by atoms with Crippen LogP contribution < -0.4 is 10.5 Å². The zero-order valence-electron chi connectivity index (χ0n) is 9.86. The van der Waals surface area contributed by atoms with Gasteiger partial charge in [-0.25, -0.2) is 0 Å². The summed E-state index contributed by atoms with van der Waals surface area (Å²) in [5.74, 6) is 0.794. The van der Waals surface area contributed by atoms with Gasteiger partial charge < -0.3 is 10.5 Å². The maximum absolute atomic E-state index is 6.22. The molecule has 0 saturated carbocycles. The Kier molecular flexibility index (Phi) is 4.27. The first kappa shape index (κ1) is 13.4. The molecule has 0 aliphatic heterocycles. The van der Waals surface area contributed by atoms with Gasteiger partial charge in [0.15, 0.2) is 0 Å². The minimum atomic E-state index is -0.176. The van der Waals surface area contributed by atoms with Gasteiger partial charge in [-0.1, -0.05) is 29.8 Å². The fourth-order valence-electron chi connectivity index (χ4n) is 1.74. The molecular formula is C14H13BrClNO. The average Bonchev–Trinajstić information content (AvgIpc) is 2.38. The summed E-state index contributed by atoms with van der Waals surface area (Å²) in [6.45, 7) is 0. The van der Waals surface area contributed by atoms with Gasteiger partial charge >= 0.3 is 0 Å². The SMILES string of the molecule is COc1ccc(C(N)c2ccc(Cl)cc2)cc1Br. The Balaban J connectivity index is 2.31. The largest absolute Gasteiger partial charge is 0.496 e. The Hall–Kier alpha value is -1.03. The molecule has 0 aliphatic rings. The summed E-state index contributed by atoms with van der Waals surface area (Å²) in [7, 11) is 1.64. The van der Waals surface area contributed by atoms with Crippen LogP contribution in [0.3, 0.4) is 0 Å². The zero-order chi connectivity index (χ0) is 13.1. The van der Waals surface area contributed by atoms with E-state index in [2.05, 4.69) is 15.9 Å². The van der Waals surface area contributed by atoms with Crippen LogP contribution >= 0.6 is 27.5 Å². The van der Waals surface area contributed by atoms with E-state index in [0.29, 0.717) is 5.02 Å². The van der Waals surface area contributed by atoms with E-state index in [-0.39, 0.29) is 6.04 Å². The quantitative estimate of drug-likeness (QED) is 0.919. The molecule has 2 nitrogen and oxygen atoms in total. The summed E-state index contributed by atoms with van der Waals surface area (Å²) in [4.78, 5) is 0. The molecule has 4 heteroatoms. The van der Waals surface area contributed by atoms with E-state index in [9.17, 15) is 0 Å². The van der Waals surface area contributed by atoms with Gasteiger partial charge in [-0.2, -0.15) is 0 Å². The predicted octanol–water partition coefficient (Wildman–Crippen LogP) is 4.16. The highest BCUT2D eigenvalue weighted by Gasteiger charge is 2.10. The normalized spacial score (nSPS) is 12.2. The maximum Gasteiger partial charge on any atom is 0.133 e. The van der Waals surface area contributed by atoms with Gasteiger partial charge in [0.05, 0.1) is 17.6 Å². The van der Waals surface area contributed by atoms with Crippen LogP contribution in [0.5, 0.6) is 5.75 Å². The molecule has 0 saturated heterocycles. The fraction of sp³-hybridized carbons (Fsp3) is 0.143. The molecule has 2 rings (SSSR count). The second-order valence-corrected chi connectivity index (χ2v) is 5.21. The summed E-state index contributed by atoms with van der Waals surface area (Å²) < 4.78 is 6.09. The maximum atomic E-state index is 6.22. The van der Waals surface area contributed by atoms with E-state index in [1.54, 1.807) is 7.11 Å². The molecule has 0 spiro atoms. The molecule has 1 atom stereocenters. The van der Waals surface area contributed by atoms with Gasteiger partial charge in [0, 0.05) is 5.02 Å². The first-order chi connectivity index (χ1) is 8.61. The summed E-state index contributed by atoms with van der Waals surface area (Å²) in [6, 6.07) is 13.2. The minimum absolute atomic E-state index is 0.176. The molecule has 18 heavy (non-hydrogen) atoms. The molecule has 0 fully saturated rings. The van der Waals surface area contributed by atoms with Crippen molar-refractivity contribution >= 4 is 27.5 Å². The smallest absolute Gasteiger partial charge is 0.133 e. The third kappa shape index (κ3) is 2.86. The van der Waals surface area contributed by atoms with Gasteiger partial charge in [-0.3, -0.25) is 0 Å². The zero-order valence-corrected chi connectivity index (χ0v) is 12.2. The molecule has 0 heterocycles. The summed E-state index contributed by atoms with van der Waals surface area (Å²) in [5, 5.41) is 0.710. The van der Waals surface area contributed by atoms with Crippen molar-refractivity contribution in [1.29, 1.82) is 0 Å². The fourth-order valence-corrected chi connectivity index (χ4v) is 2.42. The number of nitrogens with two attached hydrogens (primary N) is 1. The first-order valence-corrected chi connectivity index (χ1v) is 6.63. The van der Waals surface area contributed by atoms with Gasteiger partial charge in [0.25, 0.3) is 0 Å². The van der Waals surface area contributed by atoms with E-state index in [4.69, 9.17) is 22.1 Å². The van der Waals surface area contributed by atoms with E-state index >= 15 is 0 Å². The molecule has 2 aromatic carbocycles. The molecule has 2 aromatic rings. The number of rotatable bonds is 3. The lowest BCUT2D eigenvalue weighted by molar-refractivity contribution is 0.412. The predicted molar refractivity (Wildman–Crippen MR) is 78.2 cm³/mol. The average molecular weight is 327 g/mol. The molecule has 2 N–H and O–H groups in total. The summed E-state index contributed by atoms with van der Waals surface area (Å²) >= 11 is 9.32. The Morgan fingerprint density at radius 1 is 1.11 bits per heavy atom. The van der Waals surface area contributed by atoms with Crippen LogP contribution in [-0.4, -0.2) is 7.11 Å². The Morgan fingerprint density at radius 2 is 1.72 bits per heavy atom. The highest BCUT2D eigenvalue weighted by molar-refractivity contribution is 9.10. The molecular weight excluding hydrogens is 314 g/mol. The lowest BCUT2D eigenvalue weighted by Crippen LogP contribution is -2.11. The van der Waals surface area contributed by atoms with Gasteiger partial charge in [0.2, 0.25) is 0 Å². The lowest BCUT2D eigenvalue weighted by atomic mass is 10.00. The highest BCUT2D eigenvalue weighted by atomic mass is 79.9. The van der Waals surface area contributed by atoms with Crippen LogP contribution in [0.25, 0.3) is 0 Å². The molecule has 0 amide bonds. The molecule has 1 unspecified atom stereocenters. The second kappa shape index (κ2) is 5.74. The number of hydrogen-bond acceptors (Lipinski definition) is 2. The molecule has 0 aromatic heterocycles. The molecule has 0 radical (unpaired) electrons. The van der Waals surface area contributed by atoms with Crippen molar-refractivity contribution < 1.29 is 4.74 Å². The number of ether oxygens (including phenoxy) is 1. The van der Waals surface area contributed by atoms with E-state index in [1.807, 2.05) is 42.5 Å². The second-order valence-electron chi connectivity index (χ2n) is 3.92. The topological polar surface area (TPSA) is 35.2 Å². The third-order valence-corrected chi connectivity index (χ3v) is 3.64.